The van der Waals surface area contributed by atoms with Crippen LogP contribution >= 0.6 is 0 Å². The van der Waals surface area contributed by atoms with E-state index in [1.807, 2.05) is 50.2 Å². The third kappa shape index (κ3) is 5.26. The van der Waals surface area contributed by atoms with E-state index in [4.69, 9.17) is 4.74 Å². The van der Waals surface area contributed by atoms with Crippen LogP contribution in [-0.4, -0.2) is 23.8 Å². The Morgan fingerprint density at radius 2 is 1.67 bits per heavy atom. The zero-order valence-electron chi connectivity index (χ0n) is 14.0. The maximum atomic E-state index is 12.0. The molecule has 0 aliphatic heterocycles. The summed E-state index contributed by atoms with van der Waals surface area (Å²) in [7, 11) is 0. The lowest BCUT2D eigenvalue weighted by Crippen LogP contribution is -2.34. The van der Waals surface area contributed by atoms with E-state index < -0.39 is 11.5 Å². The fourth-order valence-corrected chi connectivity index (χ4v) is 2.05. The molecular weight excluding hydrogens is 300 g/mol. The van der Waals surface area contributed by atoms with Gasteiger partial charge in [-0.05, 0) is 24.3 Å². The Morgan fingerprint density at radius 1 is 1.08 bits per heavy atom. The van der Waals surface area contributed by atoms with Gasteiger partial charge in [0, 0.05) is 17.4 Å². The minimum atomic E-state index is -0.683. The molecule has 2 aromatic rings. The first-order valence-electron chi connectivity index (χ1n) is 7.93. The summed E-state index contributed by atoms with van der Waals surface area (Å²) in [5.41, 5.74) is 0.847. The van der Waals surface area contributed by atoms with Gasteiger partial charge in [0.15, 0.2) is 0 Å². The van der Waals surface area contributed by atoms with Crippen LogP contribution in [0.1, 0.15) is 36.2 Å². The Morgan fingerprint density at radius 3 is 2.29 bits per heavy atom. The molecule has 0 fully saturated rings. The van der Waals surface area contributed by atoms with Crippen molar-refractivity contribution in [1.29, 1.82) is 0 Å². The van der Waals surface area contributed by atoms with Gasteiger partial charge in [0.05, 0.1) is 18.3 Å². The van der Waals surface area contributed by atoms with E-state index in [0.717, 1.165) is 5.56 Å². The fourth-order valence-electron chi connectivity index (χ4n) is 2.05. The molecule has 0 saturated heterocycles. The van der Waals surface area contributed by atoms with Crippen LogP contribution in [-0.2, 0) is 4.74 Å². The number of hydrogen-bond acceptors (Lipinski definition) is 3. The lowest BCUT2D eigenvalue weighted by atomic mass is 9.86. The van der Waals surface area contributed by atoms with Crippen molar-refractivity contribution >= 4 is 5.97 Å². The molecule has 0 aliphatic carbocycles. The van der Waals surface area contributed by atoms with Crippen LogP contribution in [0.4, 0.5) is 0 Å². The summed E-state index contributed by atoms with van der Waals surface area (Å²) in [5.74, 6) is 5.62. The van der Waals surface area contributed by atoms with E-state index in [1.54, 1.807) is 24.3 Å². The lowest BCUT2D eigenvalue weighted by Gasteiger charge is -2.28. The number of esters is 1. The summed E-state index contributed by atoms with van der Waals surface area (Å²) in [4.78, 5) is 12.0. The molecule has 1 unspecified atom stereocenters. The average molecular weight is 322 g/mol. The molecule has 3 nitrogen and oxygen atoms in total. The first-order chi connectivity index (χ1) is 11.5. The summed E-state index contributed by atoms with van der Waals surface area (Å²) in [6, 6.07) is 18.5. The Labute approximate surface area is 143 Å². The van der Waals surface area contributed by atoms with Crippen molar-refractivity contribution in [1.82, 2.24) is 0 Å². The standard InChI is InChI=1S/C21H22O3/c1-21(2,16-24-20(23)18-13-7-4-8-14-18)19(22)15-9-12-17-10-5-3-6-11-17/h3-8,10-11,13-14,19,22H,15-16H2,1-2H3. The maximum absolute atomic E-state index is 12.0. The molecule has 0 aliphatic rings. The first kappa shape index (κ1) is 17.8. The summed E-state index contributed by atoms with van der Waals surface area (Å²) in [6.45, 7) is 3.86. The number of aliphatic hydroxyl groups is 1. The fraction of sp³-hybridized carbons (Fsp3) is 0.286. The second-order valence-corrected chi connectivity index (χ2v) is 6.32. The molecule has 2 aromatic carbocycles. The highest BCUT2D eigenvalue weighted by molar-refractivity contribution is 5.89. The molecule has 0 spiro atoms. The zero-order valence-corrected chi connectivity index (χ0v) is 14.0. The molecule has 0 saturated carbocycles. The number of carbonyl (C=O) groups excluding carboxylic acids is 1. The van der Waals surface area contributed by atoms with Crippen molar-refractivity contribution in [2.45, 2.75) is 26.4 Å². The number of carbonyl (C=O) groups is 1. The molecule has 1 atom stereocenters. The van der Waals surface area contributed by atoms with Gasteiger partial charge in [0.25, 0.3) is 0 Å². The molecule has 0 bridgehead atoms. The van der Waals surface area contributed by atoms with Crippen molar-refractivity contribution in [3.8, 4) is 11.8 Å². The number of aliphatic hydroxyl groups excluding tert-OH is 1. The van der Waals surface area contributed by atoms with Gasteiger partial charge in [-0.1, -0.05) is 62.1 Å². The van der Waals surface area contributed by atoms with Gasteiger partial charge in [0.1, 0.15) is 0 Å². The van der Waals surface area contributed by atoms with E-state index in [-0.39, 0.29) is 12.6 Å². The van der Waals surface area contributed by atoms with Crippen LogP contribution in [0.25, 0.3) is 0 Å². The van der Waals surface area contributed by atoms with Gasteiger partial charge < -0.3 is 9.84 Å². The normalized spacial score (nSPS) is 12.0. The van der Waals surface area contributed by atoms with Crippen LogP contribution in [0, 0.1) is 17.3 Å². The lowest BCUT2D eigenvalue weighted by molar-refractivity contribution is -0.0107. The maximum Gasteiger partial charge on any atom is 0.338 e. The highest BCUT2D eigenvalue weighted by atomic mass is 16.5. The molecule has 0 aromatic heterocycles. The van der Waals surface area contributed by atoms with E-state index in [9.17, 15) is 9.90 Å². The van der Waals surface area contributed by atoms with E-state index >= 15 is 0 Å². The smallest absolute Gasteiger partial charge is 0.338 e. The van der Waals surface area contributed by atoms with Crippen molar-refractivity contribution in [2.75, 3.05) is 6.61 Å². The highest BCUT2D eigenvalue weighted by Crippen LogP contribution is 2.23. The predicted octanol–water partition coefficient (Wildman–Crippen LogP) is 3.67. The predicted molar refractivity (Wildman–Crippen MR) is 94.4 cm³/mol. The number of ether oxygens (including phenoxy) is 1. The van der Waals surface area contributed by atoms with E-state index in [1.165, 1.54) is 0 Å². The van der Waals surface area contributed by atoms with E-state index in [2.05, 4.69) is 11.8 Å². The second kappa shape index (κ2) is 8.33. The van der Waals surface area contributed by atoms with Crippen molar-refractivity contribution < 1.29 is 14.6 Å². The van der Waals surface area contributed by atoms with Gasteiger partial charge in [0.2, 0.25) is 0 Å². The van der Waals surface area contributed by atoms with Gasteiger partial charge in [-0.3, -0.25) is 0 Å². The molecule has 0 radical (unpaired) electrons. The molecule has 124 valence electrons. The Balaban J connectivity index is 1.87. The average Bonchev–Trinajstić information content (AvgIpc) is 2.61. The number of hydrogen-bond donors (Lipinski definition) is 1. The molecular formula is C21H22O3. The van der Waals surface area contributed by atoms with Crippen LogP contribution in [0.5, 0.6) is 0 Å². The van der Waals surface area contributed by atoms with Crippen LogP contribution in [0.2, 0.25) is 0 Å². The zero-order chi connectivity index (χ0) is 17.4. The SMILES string of the molecule is CC(C)(COC(=O)c1ccccc1)C(O)CC#Cc1ccccc1. The van der Waals surface area contributed by atoms with E-state index in [0.29, 0.717) is 12.0 Å². The molecule has 2 rings (SSSR count). The van der Waals surface area contributed by atoms with Gasteiger partial charge in [-0.2, -0.15) is 0 Å². The quantitative estimate of drug-likeness (QED) is 0.675. The van der Waals surface area contributed by atoms with Crippen molar-refractivity contribution in [2.24, 2.45) is 5.41 Å². The van der Waals surface area contributed by atoms with Crippen LogP contribution < -0.4 is 0 Å². The van der Waals surface area contributed by atoms with Crippen LogP contribution in [0.3, 0.4) is 0 Å². The van der Waals surface area contributed by atoms with Gasteiger partial charge in [-0.25, -0.2) is 4.79 Å². The number of rotatable bonds is 5. The minimum absolute atomic E-state index is 0.134. The second-order valence-electron chi connectivity index (χ2n) is 6.32. The first-order valence-corrected chi connectivity index (χ1v) is 7.93. The Kier molecular flexibility index (Phi) is 6.17. The third-order valence-corrected chi connectivity index (χ3v) is 3.79. The Hall–Kier alpha value is -2.57. The molecule has 0 heterocycles. The molecule has 0 amide bonds. The van der Waals surface area contributed by atoms with Gasteiger partial charge >= 0.3 is 5.97 Å². The minimum Gasteiger partial charge on any atom is -0.461 e. The summed E-state index contributed by atoms with van der Waals surface area (Å²) in [6.07, 6.45) is -0.359. The monoisotopic (exact) mass is 322 g/mol. The third-order valence-electron chi connectivity index (χ3n) is 3.79. The van der Waals surface area contributed by atoms with Crippen molar-refractivity contribution in [3.63, 3.8) is 0 Å². The molecule has 1 N–H and O–H groups in total. The molecule has 3 heteroatoms. The largest absolute Gasteiger partial charge is 0.461 e. The van der Waals surface area contributed by atoms with Crippen LogP contribution in [0.15, 0.2) is 60.7 Å². The highest BCUT2D eigenvalue weighted by Gasteiger charge is 2.29. The van der Waals surface area contributed by atoms with Crippen molar-refractivity contribution in [3.05, 3.63) is 71.8 Å². The number of benzene rings is 2. The molecule has 24 heavy (non-hydrogen) atoms. The topological polar surface area (TPSA) is 46.5 Å². The summed E-state index contributed by atoms with van der Waals surface area (Å²) < 4.78 is 5.33. The Bertz CT molecular complexity index is 709. The summed E-state index contributed by atoms with van der Waals surface area (Å²) >= 11 is 0. The van der Waals surface area contributed by atoms with Gasteiger partial charge in [-0.15, -0.1) is 0 Å². The summed E-state index contributed by atoms with van der Waals surface area (Å²) in [5, 5.41) is 10.3.